The van der Waals surface area contributed by atoms with Gasteiger partial charge in [0.05, 0.1) is 48.7 Å². The maximum atomic E-state index is 13.6. The van der Waals surface area contributed by atoms with Crippen LogP contribution in [0.15, 0.2) is 53.2 Å². The van der Waals surface area contributed by atoms with Gasteiger partial charge < -0.3 is 29.0 Å². The molecule has 3 aliphatic rings. The molecule has 0 spiro atoms. The van der Waals surface area contributed by atoms with Crippen molar-refractivity contribution in [3.05, 3.63) is 58.7 Å². The first-order valence-corrected chi connectivity index (χ1v) is 14.6. The number of thiazole rings is 1. The van der Waals surface area contributed by atoms with Gasteiger partial charge in [0.2, 0.25) is 12.2 Å². The van der Waals surface area contributed by atoms with Crippen LogP contribution in [0.1, 0.15) is 21.7 Å². The van der Waals surface area contributed by atoms with Crippen molar-refractivity contribution in [3.8, 4) is 17.1 Å². The Labute approximate surface area is 250 Å². The van der Waals surface area contributed by atoms with E-state index in [4.69, 9.17) is 14.2 Å². The molecule has 4 aromatic rings. The number of hydrogen-bond donors (Lipinski definition) is 2. The number of hydrogen-bond acceptors (Lipinski definition) is 13. The van der Waals surface area contributed by atoms with Crippen LogP contribution >= 0.6 is 11.3 Å². The van der Waals surface area contributed by atoms with Crippen LogP contribution in [0.5, 0.6) is 5.75 Å². The van der Waals surface area contributed by atoms with Crippen molar-refractivity contribution in [2.24, 2.45) is 5.10 Å². The van der Waals surface area contributed by atoms with Gasteiger partial charge in [0, 0.05) is 44.8 Å². The van der Waals surface area contributed by atoms with E-state index < -0.39 is 18.0 Å². The Morgan fingerprint density at radius 1 is 1.09 bits per heavy atom. The summed E-state index contributed by atoms with van der Waals surface area (Å²) in [6.45, 7) is 2.81. The van der Waals surface area contributed by atoms with Crippen LogP contribution in [0, 0.1) is 0 Å². The first-order chi connectivity index (χ1) is 21.0. The molecular formula is C28H29N9O5S. The van der Waals surface area contributed by atoms with Gasteiger partial charge >= 0.3 is 0 Å². The summed E-state index contributed by atoms with van der Waals surface area (Å²) < 4.78 is 16.7. The third-order valence-corrected chi connectivity index (χ3v) is 8.34. The average molecular weight is 604 g/mol. The number of Topliss-reactive ketones (excluding diaryl/α,β-unsaturated/α-hetero) is 1. The lowest BCUT2D eigenvalue weighted by Crippen LogP contribution is -2.56. The van der Waals surface area contributed by atoms with Crippen LogP contribution in [-0.4, -0.2) is 101 Å². The van der Waals surface area contributed by atoms with E-state index in [-0.39, 0.29) is 5.56 Å². The fraction of sp³-hybridized carbons (Fsp3) is 0.321. The highest BCUT2D eigenvalue weighted by atomic mass is 32.1. The van der Waals surface area contributed by atoms with Crippen molar-refractivity contribution in [1.29, 1.82) is 0 Å². The largest absolute Gasteiger partial charge is 0.494 e. The number of para-hydroxylation sites is 1. The minimum Gasteiger partial charge on any atom is -0.494 e. The zero-order valence-corrected chi connectivity index (χ0v) is 24.3. The predicted octanol–water partition coefficient (Wildman–Crippen LogP) is 2.21. The fourth-order valence-electron chi connectivity index (χ4n) is 5.37. The normalized spacial score (nSPS) is 17.7. The Kier molecular flexibility index (Phi) is 7.14. The molecular weight excluding hydrogens is 574 g/mol. The average Bonchev–Trinajstić information content (AvgIpc) is 3.87. The molecule has 0 atom stereocenters. The summed E-state index contributed by atoms with van der Waals surface area (Å²) in [6.07, 6.45) is 2.59. The van der Waals surface area contributed by atoms with Gasteiger partial charge in [-0.2, -0.15) is 0 Å². The van der Waals surface area contributed by atoms with E-state index >= 15 is 0 Å². The predicted molar refractivity (Wildman–Crippen MR) is 158 cm³/mol. The number of anilines is 1. The number of hydrazine groups is 2. The van der Waals surface area contributed by atoms with E-state index in [0.717, 1.165) is 11.6 Å². The molecule has 15 heteroatoms. The molecule has 2 N–H and O–H groups in total. The summed E-state index contributed by atoms with van der Waals surface area (Å²) in [5, 5.41) is 11.2. The highest BCUT2D eigenvalue weighted by Crippen LogP contribution is 2.36. The summed E-state index contributed by atoms with van der Waals surface area (Å²) in [5.74, 6) is -0.0797. The number of pyridine rings is 1. The number of carbonyl (C=O) groups is 2. The highest BCUT2D eigenvalue weighted by Gasteiger charge is 2.34. The molecule has 6 heterocycles. The quantitative estimate of drug-likeness (QED) is 0.248. The Hall–Kier alpha value is -4.57. The van der Waals surface area contributed by atoms with E-state index in [9.17, 15) is 9.59 Å². The van der Waals surface area contributed by atoms with Crippen molar-refractivity contribution in [1.82, 2.24) is 35.4 Å². The minimum atomic E-state index is -0.618. The molecule has 0 aliphatic carbocycles. The number of methoxy groups -OCH3 is 1. The molecule has 222 valence electrons. The summed E-state index contributed by atoms with van der Waals surface area (Å²) in [7, 11) is 3.33. The SMILES string of the molecule is COc1cnc(-c2csc(C3OCCO3)n2)c2[nH]cc(C(=O)C(=O)N3CCN(C4=NN(C)NN4c4ccccc4)CC3)c12. The van der Waals surface area contributed by atoms with Gasteiger partial charge in [0.15, 0.2) is 0 Å². The highest BCUT2D eigenvalue weighted by molar-refractivity contribution is 7.10. The molecule has 1 aromatic carbocycles. The second-order valence-corrected chi connectivity index (χ2v) is 11.0. The fourth-order valence-corrected chi connectivity index (χ4v) is 6.16. The van der Waals surface area contributed by atoms with E-state index in [1.807, 2.05) is 47.8 Å². The number of H-pyrrole nitrogens is 1. The van der Waals surface area contributed by atoms with Crippen LogP contribution in [0.3, 0.4) is 0 Å². The minimum absolute atomic E-state index is 0.224. The number of rotatable bonds is 6. The number of ether oxygens (including phenoxy) is 3. The molecule has 0 unspecified atom stereocenters. The lowest BCUT2D eigenvalue weighted by Gasteiger charge is -2.37. The lowest BCUT2D eigenvalue weighted by molar-refractivity contribution is -0.127. The molecule has 3 aliphatic heterocycles. The summed E-state index contributed by atoms with van der Waals surface area (Å²) >= 11 is 1.41. The third-order valence-electron chi connectivity index (χ3n) is 7.47. The second kappa shape index (κ2) is 11.3. The maximum absolute atomic E-state index is 13.6. The topological polar surface area (TPSA) is 141 Å². The number of guanidine groups is 1. The first-order valence-electron chi connectivity index (χ1n) is 13.8. The maximum Gasteiger partial charge on any atom is 0.295 e. The van der Waals surface area contributed by atoms with Crippen molar-refractivity contribution in [2.75, 3.05) is 58.6 Å². The number of fused-ring (bicyclic) bond motifs is 1. The van der Waals surface area contributed by atoms with Gasteiger partial charge in [-0.3, -0.25) is 9.59 Å². The number of benzene rings is 1. The van der Waals surface area contributed by atoms with E-state index in [1.165, 1.54) is 24.6 Å². The molecule has 0 radical (unpaired) electrons. The Balaban J connectivity index is 1.09. The summed E-state index contributed by atoms with van der Waals surface area (Å²) in [6, 6.07) is 9.86. The molecule has 0 saturated carbocycles. The van der Waals surface area contributed by atoms with E-state index in [0.29, 0.717) is 72.4 Å². The van der Waals surface area contributed by atoms with Gasteiger partial charge in [-0.25, -0.2) is 20.1 Å². The Morgan fingerprint density at radius 2 is 1.86 bits per heavy atom. The molecule has 2 saturated heterocycles. The van der Waals surface area contributed by atoms with Gasteiger partial charge in [0.1, 0.15) is 22.1 Å². The van der Waals surface area contributed by atoms with Crippen molar-refractivity contribution >= 4 is 45.6 Å². The molecule has 3 aromatic heterocycles. The number of ketones is 1. The van der Waals surface area contributed by atoms with Gasteiger partial charge in [-0.1, -0.05) is 18.2 Å². The molecule has 1 amide bonds. The number of hydrazone groups is 1. The number of nitrogens with one attached hydrogen (secondary N) is 2. The van der Waals surface area contributed by atoms with Crippen molar-refractivity contribution in [2.45, 2.75) is 6.29 Å². The van der Waals surface area contributed by atoms with Crippen LogP contribution in [0.25, 0.3) is 22.3 Å². The number of piperazine rings is 1. The van der Waals surface area contributed by atoms with Crippen molar-refractivity contribution in [3.63, 3.8) is 0 Å². The number of aromatic nitrogens is 3. The van der Waals surface area contributed by atoms with Gasteiger partial charge in [-0.15, -0.1) is 22.0 Å². The molecule has 43 heavy (non-hydrogen) atoms. The zero-order valence-electron chi connectivity index (χ0n) is 23.5. The zero-order chi connectivity index (χ0) is 29.5. The summed E-state index contributed by atoms with van der Waals surface area (Å²) in [4.78, 5) is 43.2. The van der Waals surface area contributed by atoms with Crippen LogP contribution in [0.2, 0.25) is 0 Å². The van der Waals surface area contributed by atoms with E-state index in [1.54, 1.807) is 16.2 Å². The van der Waals surface area contributed by atoms with Crippen LogP contribution < -0.4 is 15.3 Å². The monoisotopic (exact) mass is 603 g/mol. The molecule has 2 fully saturated rings. The summed E-state index contributed by atoms with van der Waals surface area (Å²) in [5.41, 5.74) is 6.06. The third kappa shape index (κ3) is 4.95. The molecule has 7 rings (SSSR count). The molecule has 0 bridgehead atoms. The Bertz CT molecular complexity index is 1690. The van der Waals surface area contributed by atoms with Gasteiger partial charge in [-0.05, 0) is 12.1 Å². The van der Waals surface area contributed by atoms with Crippen LogP contribution in [-0.2, 0) is 14.3 Å². The second-order valence-electron chi connectivity index (χ2n) is 10.1. The first kappa shape index (κ1) is 27.3. The Morgan fingerprint density at radius 3 is 2.60 bits per heavy atom. The number of nitrogens with zero attached hydrogens (tertiary/aromatic N) is 7. The van der Waals surface area contributed by atoms with Crippen LogP contribution in [0.4, 0.5) is 5.69 Å². The van der Waals surface area contributed by atoms with Crippen molar-refractivity contribution < 1.29 is 23.8 Å². The number of aromatic amines is 1. The number of amides is 1. The smallest absolute Gasteiger partial charge is 0.295 e. The van der Waals surface area contributed by atoms with E-state index in [2.05, 4.69) is 30.5 Å². The molecule has 14 nitrogen and oxygen atoms in total. The number of carbonyl (C=O) groups excluding carboxylic acids is 2. The van der Waals surface area contributed by atoms with Gasteiger partial charge in [0.25, 0.3) is 11.7 Å². The standard InChI is InChI=1S/C28H29N9O5S/c1-34-32-28(37(33-34)17-6-4-3-5-7-17)36-10-8-35(9-11-36)26(39)24(38)18-14-29-23-21(18)20(40-2)15-30-22(23)19-16-43-25(31-19)27-41-12-13-42-27/h3-7,14-16,27,29,33H,8-13H2,1-2H3. The lowest BCUT2D eigenvalue weighted by atomic mass is 10.1.